The largest absolute Gasteiger partial charge is 0.465 e. The number of aromatic nitrogens is 2. The van der Waals surface area contributed by atoms with Crippen LogP contribution in [0.4, 0.5) is 0 Å². The number of hydrogen-bond donors (Lipinski definition) is 1. The highest BCUT2D eigenvalue weighted by molar-refractivity contribution is 7.91. The molecule has 162 valence electrons. The number of ether oxygens (including phenoxy) is 1. The molecule has 0 radical (unpaired) electrons. The summed E-state index contributed by atoms with van der Waals surface area (Å²) in [6, 6.07) is -0.122. The van der Waals surface area contributed by atoms with Gasteiger partial charge in [-0.15, -0.1) is 16.4 Å². The maximum atomic E-state index is 13.2. The molecule has 1 aliphatic carbocycles. The van der Waals surface area contributed by atoms with E-state index in [2.05, 4.69) is 14.3 Å². The number of nitrogens with zero attached hydrogens (tertiary/aromatic N) is 3. The molecule has 3 heterocycles. The van der Waals surface area contributed by atoms with E-state index < -0.39 is 16.0 Å². The Morgan fingerprint density at radius 3 is 2.70 bits per heavy atom. The first-order chi connectivity index (χ1) is 14.4. The fraction of sp³-hybridized carbons (Fsp3) is 0.556. The minimum absolute atomic E-state index is 0.0189. The van der Waals surface area contributed by atoms with E-state index in [4.69, 9.17) is 4.74 Å². The van der Waals surface area contributed by atoms with Crippen molar-refractivity contribution in [1.82, 2.24) is 19.2 Å². The van der Waals surface area contributed by atoms with Gasteiger partial charge in [0.2, 0.25) is 0 Å². The fourth-order valence-corrected chi connectivity index (χ4v) is 7.61. The maximum Gasteiger partial charge on any atom is 0.340 e. The Balaban J connectivity index is 1.65. The first-order valence-electron chi connectivity index (χ1n) is 9.72. The molecule has 4 rings (SSSR count). The molecule has 1 saturated carbocycles. The van der Waals surface area contributed by atoms with Crippen molar-refractivity contribution in [3.63, 3.8) is 0 Å². The van der Waals surface area contributed by atoms with Crippen molar-refractivity contribution < 1.29 is 22.7 Å². The Morgan fingerprint density at radius 2 is 2.03 bits per heavy atom. The van der Waals surface area contributed by atoms with Crippen LogP contribution in [0.25, 0.3) is 0 Å². The summed E-state index contributed by atoms with van der Waals surface area (Å²) < 4.78 is 37.7. The van der Waals surface area contributed by atoms with Gasteiger partial charge in [-0.3, -0.25) is 4.79 Å². The standard InChI is InChI=1S/C18H22N4O5S3/c1-27-17(24)15-12-7-8-22(16(23)13-10-28-21-19-13)9-14(12)29-18(15)30(25,26)20-11-5-3-2-4-6-11/h10-11,20H,2-9H2,1H3. The number of amides is 1. The number of sulfonamides is 1. The minimum atomic E-state index is -3.88. The van der Waals surface area contributed by atoms with Crippen LogP contribution >= 0.6 is 22.9 Å². The molecule has 1 amide bonds. The zero-order chi connectivity index (χ0) is 21.3. The molecular weight excluding hydrogens is 448 g/mol. The predicted octanol–water partition coefficient (Wildman–Crippen LogP) is 2.20. The zero-order valence-electron chi connectivity index (χ0n) is 16.4. The number of rotatable bonds is 5. The second-order valence-electron chi connectivity index (χ2n) is 7.38. The molecule has 1 aliphatic heterocycles. The summed E-state index contributed by atoms with van der Waals surface area (Å²) in [5.74, 6) is -0.924. The molecular formula is C18H22N4O5S3. The molecule has 2 aromatic heterocycles. The Morgan fingerprint density at radius 1 is 1.27 bits per heavy atom. The number of carbonyl (C=O) groups excluding carboxylic acids is 2. The molecule has 0 unspecified atom stereocenters. The van der Waals surface area contributed by atoms with E-state index in [9.17, 15) is 18.0 Å². The van der Waals surface area contributed by atoms with Crippen molar-refractivity contribution >= 4 is 44.8 Å². The lowest BCUT2D eigenvalue weighted by atomic mass is 9.96. The molecule has 30 heavy (non-hydrogen) atoms. The van der Waals surface area contributed by atoms with E-state index in [-0.39, 0.29) is 34.0 Å². The van der Waals surface area contributed by atoms with Crippen LogP contribution in [0, 0.1) is 0 Å². The maximum absolute atomic E-state index is 13.2. The average molecular weight is 471 g/mol. The molecule has 9 nitrogen and oxygen atoms in total. The quantitative estimate of drug-likeness (QED) is 0.666. The molecule has 0 spiro atoms. The van der Waals surface area contributed by atoms with Crippen LogP contribution in [0.5, 0.6) is 0 Å². The summed E-state index contributed by atoms with van der Waals surface area (Å²) in [6.07, 6.45) is 5.04. The third-order valence-corrected chi connectivity index (χ3v) is 9.21. The highest BCUT2D eigenvalue weighted by Crippen LogP contribution is 2.37. The van der Waals surface area contributed by atoms with Crippen LogP contribution in [0.3, 0.4) is 0 Å². The van der Waals surface area contributed by atoms with Crippen LogP contribution in [0.1, 0.15) is 63.4 Å². The zero-order valence-corrected chi connectivity index (χ0v) is 18.9. The van der Waals surface area contributed by atoms with E-state index in [1.165, 1.54) is 7.11 Å². The number of thiophene rings is 1. The second-order valence-corrected chi connectivity index (χ2v) is 11.0. The van der Waals surface area contributed by atoms with Gasteiger partial charge >= 0.3 is 5.97 Å². The van der Waals surface area contributed by atoms with Crippen molar-refractivity contribution in [1.29, 1.82) is 0 Å². The van der Waals surface area contributed by atoms with Crippen molar-refractivity contribution in [3.8, 4) is 0 Å². The van der Waals surface area contributed by atoms with E-state index in [0.717, 1.165) is 55.0 Å². The summed E-state index contributed by atoms with van der Waals surface area (Å²) in [7, 11) is -2.64. The smallest absolute Gasteiger partial charge is 0.340 e. The second kappa shape index (κ2) is 8.69. The molecule has 0 saturated heterocycles. The van der Waals surface area contributed by atoms with E-state index in [1.54, 1.807) is 10.3 Å². The molecule has 0 aromatic carbocycles. The van der Waals surface area contributed by atoms with Crippen LogP contribution in [0.15, 0.2) is 9.59 Å². The summed E-state index contributed by atoms with van der Waals surface area (Å²) in [4.78, 5) is 27.4. The van der Waals surface area contributed by atoms with Gasteiger partial charge in [-0.2, -0.15) is 0 Å². The summed E-state index contributed by atoms with van der Waals surface area (Å²) in [6.45, 7) is 0.582. The van der Waals surface area contributed by atoms with Gasteiger partial charge in [0, 0.05) is 22.8 Å². The number of carbonyl (C=O) groups is 2. The summed E-state index contributed by atoms with van der Waals surface area (Å²) >= 11 is 2.14. The lowest BCUT2D eigenvalue weighted by molar-refractivity contribution is 0.0595. The summed E-state index contributed by atoms with van der Waals surface area (Å²) in [5.41, 5.74) is 1.01. The normalized spacial score (nSPS) is 17.6. The van der Waals surface area contributed by atoms with Gasteiger partial charge in [0.25, 0.3) is 15.9 Å². The molecule has 2 aliphatic rings. The van der Waals surface area contributed by atoms with Crippen LogP contribution < -0.4 is 4.72 Å². The highest BCUT2D eigenvalue weighted by Gasteiger charge is 2.36. The van der Waals surface area contributed by atoms with Gasteiger partial charge in [0.05, 0.1) is 19.2 Å². The van der Waals surface area contributed by atoms with Crippen molar-refractivity contribution in [3.05, 3.63) is 27.1 Å². The molecule has 0 bridgehead atoms. The lowest BCUT2D eigenvalue weighted by Gasteiger charge is -2.26. The minimum Gasteiger partial charge on any atom is -0.465 e. The van der Waals surface area contributed by atoms with Crippen molar-refractivity contribution in [2.75, 3.05) is 13.7 Å². The Kier molecular flexibility index (Phi) is 6.19. The predicted molar refractivity (Wildman–Crippen MR) is 111 cm³/mol. The third-order valence-electron chi connectivity index (χ3n) is 5.45. The lowest BCUT2D eigenvalue weighted by Crippen LogP contribution is -2.36. The van der Waals surface area contributed by atoms with Gasteiger partial charge < -0.3 is 9.64 Å². The van der Waals surface area contributed by atoms with Gasteiger partial charge in [-0.05, 0) is 36.4 Å². The van der Waals surface area contributed by atoms with Crippen LogP contribution in [-0.2, 0) is 27.7 Å². The number of esters is 1. The number of hydrogen-bond acceptors (Lipinski definition) is 9. The van der Waals surface area contributed by atoms with E-state index >= 15 is 0 Å². The average Bonchev–Trinajstić information content (AvgIpc) is 3.41. The molecule has 0 atom stereocenters. The Bertz CT molecular complexity index is 1040. The SMILES string of the molecule is COC(=O)c1c(S(=O)(=O)NC2CCCCC2)sc2c1CCN(C(=O)c1csnn1)C2. The fourth-order valence-electron chi connectivity index (χ4n) is 3.96. The number of methoxy groups -OCH3 is 1. The molecule has 2 aromatic rings. The molecule has 12 heteroatoms. The van der Waals surface area contributed by atoms with Gasteiger partial charge in [-0.1, -0.05) is 23.8 Å². The van der Waals surface area contributed by atoms with E-state index in [0.29, 0.717) is 23.4 Å². The molecule has 1 fully saturated rings. The van der Waals surface area contributed by atoms with Gasteiger partial charge in [-0.25, -0.2) is 17.9 Å². The Labute approximate surface area is 182 Å². The first kappa shape index (κ1) is 21.3. The topological polar surface area (TPSA) is 119 Å². The van der Waals surface area contributed by atoms with Gasteiger partial charge in [0.1, 0.15) is 4.21 Å². The van der Waals surface area contributed by atoms with Crippen LogP contribution in [0.2, 0.25) is 0 Å². The monoisotopic (exact) mass is 470 g/mol. The van der Waals surface area contributed by atoms with E-state index in [1.807, 2.05) is 0 Å². The first-order valence-corrected chi connectivity index (χ1v) is 12.9. The van der Waals surface area contributed by atoms with Gasteiger partial charge in [0.15, 0.2) is 5.69 Å². The molecule has 1 N–H and O–H groups in total. The Hall–Kier alpha value is -1.89. The number of fused-ring (bicyclic) bond motifs is 1. The number of nitrogens with one attached hydrogen (secondary N) is 1. The highest BCUT2D eigenvalue weighted by atomic mass is 32.2. The van der Waals surface area contributed by atoms with Crippen molar-refractivity contribution in [2.45, 2.75) is 55.3 Å². The van der Waals surface area contributed by atoms with Crippen molar-refractivity contribution in [2.24, 2.45) is 0 Å². The third kappa shape index (κ3) is 4.13. The summed E-state index contributed by atoms with van der Waals surface area (Å²) in [5, 5.41) is 5.40. The van der Waals surface area contributed by atoms with Crippen LogP contribution in [-0.4, -0.2) is 54.5 Å².